The molecular formula is C21H22N4O4. The SMILES string of the molecule is C#CCn1c(=O)c2c(nc(C(=Cc3ccccc3)OC)n2C)n(CCCO)c1=O. The molecule has 0 aliphatic rings. The quantitative estimate of drug-likeness (QED) is 0.478. The molecule has 3 rings (SSSR count). The minimum atomic E-state index is -0.551. The lowest BCUT2D eigenvalue weighted by Gasteiger charge is -2.09. The van der Waals surface area contributed by atoms with E-state index in [0.717, 1.165) is 10.1 Å². The molecule has 0 saturated carbocycles. The van der Waals surface area contributed by atoms with E-state index in [9.17, 15) is 14.7 Å². The smallest absolute Gasteiger partial charge is 0.333 e. The zero-order valence-corrected chi connectivity index (χ0v) is 16.3. The zero-order chi connectivity index (χ0) is 21.0. The van der Waals surface area contributed by atoms with Crippen LogP contribution in [0.15, 0.2) is 39.9 Å². The molecule has 0 radical (unpaired) electrons. The van der Waals surface area contributed by atoms with Gasteiger partial charge in [-0.1, -0.05) is 36.3 Å². The molecule has 0 atom stereocenters. The topological polar surface area (TPSA) is 91.3 Å². The van der Waals surface area contributed by atoms with Crippen molar-refractivity contribution in [3.05, 3.63) is 62.6 Å². The van der Waals surface area contributed by atoms with Crippen molar-refractivity contribution in [1.82, 2.24) is 18.7 Å². The second-order valence-corrected chi connectivity index (χ2v) is 6.40. The monoisotopic (exact) mass is 394 g/mol. The number of rotatable bonds is 7. The maximum atomic E-state index is 13.0. The summed E-state index contributed by atoms with van der Waals surface area (Å²) < 4.78 is 9.49. The molecule has 2 aromatic heterocycles. The highest BCUT2D eigenvalue weighted by Gasteiger charge is 2.21. The average Bonchev–Trinajstić information content (AvgIpc) is 3.07. The predicted molar refractivity (Wildman–Crippen MR) is 111 cm³/mol. The van der Waals surface area contributed by atoms with Crippen molar-refractivity contribution in [1.29, 1.82) is 0 Å². The highest BCUT2D eigenvalue weighted by atomic mass is 16.5. The van der Waals surface area contributed by atoms with Crippen LogP contribution in [0, 0.1) is 12.3 Å². The van der Waals surface area contributed by atoms with Crippen LogP contribution in [-0.2, 0) is 24.9 Å². The van der Waals surface area contributed by atoms with Gasteiger partial charge in [0.2, 0.25) is 0 Å². The Bertz CT molecular complexity index is 1210. The second-order valence-electron chi connectivity index (χ2n) is 6.40. The summed E-state index contributed by atoms with van der Waals surface area (Å²) in [5.41, 5.74) is 0.307. The van der Waals surface area contributed by atoms with Crippen molar-refractivity contribution in [3.63, 3.8) is 0 Å². The number of hydrogen-bond donors (Lipinski definition) is 1. The van der Waals surface area contributed by atoms with E-state index in [1.165, 1.54) is 11.7 Å². The van der Waals surface area contributed by atoms with Gasteiger partial charge in [-0.15, -0.1) is 6.42 Å². The lowest BCUT2D eigenvalue weighted by molar-refractivity contribution is 0.279. The number of aromatic nitrogens is 4. The number of hydrogen-bond acceptors (Lipinski definition) is 5. The van der Waals surface area contributed by atoms with Gasteiger partial charge in [0.05, 0.1) is 13.7 Å². The number of ether oxygens (including phenoxy) is 1. The van der Waals surface area contributed by atoms with Crippen LogP contribution in [0.3, 0.4) is 0 Å². The molecule has 8 nitrogen and oxygen atoms in total. The van der Waals surface area contributed by atoms with Crippen molar-refractivity contribution in [2.45, 2.75) is 19.5 Å². The van der Waals surface area contributed by atoms with E-state index in [4.69, 9.17) is 11.2 Å². The first-order valence-corrected chi connectivity index (χ1v) is 9.09. The molecule has 8 heteroatoms. The standard InChI is InChI=1S/C21H22N4O4/c1-4-11-25-20(27)17-19(24(21(25)28)12-8-13-26)22-18(23(17)2)16(29-3)14-15-9-6-5-7-10-15/h1,5-7,9-10,14,26H,8,11-13H2,2-3H3. The van der Waals surface area contributed by atoms with Gasteiger partial charge in [-0.25, -0.2) is 14.3 Å². The highest BCUT2D eigenvalue weighted by Crippen LogP contribution is 2.21. The van der Waals surface area contributed by atoms with E-state index < -0.39 is 11.2 Å². The molecule has 0 bridgehead atoms. The number of methoxy groups -OCH3 is 1. The van der Waals surface area contributed by atoms with Crippen LogP contribution in [-0.4, -0.2) is 37.5 Å². The molecule has 0 spiro atoms. The zero-order valence-electron chi connectivity index (χ0n) is 16.3. The maximum absolute atomic E-state index is 13.0. The number of aryl methyl sites for hydroxylation is 2. The Morgan fingerprint density at radius 1 is 1.28 bits per heavy atom. The van der Waals surface area contributed by atoms with Crippen LogP contribution in [0.1, 0.15) is 17.8 Å². The fraction of sp³-hybridized carbons (Fsp3) is 0.286. The minimum absolute atomic E-state index is 0.0981. The van der Waals surface area contributed by atoms with Gasteiger partial charge in [0, 0.05) is 20.2 Å². The van der Waals surface area contributed by atoms with Gasteiger partial charge in [-0.05, 0) is 18.1 Å². The molecule has 29 heavy (non-hydrogen) atoms. The van der Waals surface area contributed by atoms with Gasteiger partial charge in [-0.3, -0.25) is 9.36 Å². The molecule has 150 valence electrons. The average molecular weight is 394 g/mol. The van der Waals surface area contributed by atoms with Crippen molar-refractivity contribution >= 4 is 23.0 Å². The molecular weight excluding hydrogens is 372 g/mol. The van der Waals surface area contributed by atoms with Crippen LogP contribution >= 0.6 is 0 Å². The molecule has 0 saturated heterocycles. The first-order chi connectivity index (χ1) is 14.0. The Labute approximate surface area is 167 Å². The summed E-state index contributed by atoms with van der Waals surface area (Å²) in [5, 5.41) is 9.20. The fourth-order valence-corrected chi connectivity index (χ4v) is 3.16. The first kappa shape index (κ1) is 20.2. The Kier molecular flexibility index (Phi) is 6.00. The number of aliphatic hydroxyl groups excluding tert-OH is 1. The van der Waals surface area contributed by atoms with Gasteiger partial charge in [0.1, 0.15) is 0 Å². The summed E-state index contributed by atoms with van der Waals surface area (Å²) in [5.74, 6) is 3.19. The van der Waals surface area contributed by atoms with Crippen LogP contribution in [0.2, 0.25) is 0 Å². The molecule has 2 heterocycles. The van der Waals surface area contributed by atoms with Crippen molar-refractivity contribution in [3.8, 4) is 12.3 Å². The number of terminal acetylenes is 1. The number of nitrogens with zero attached hydrogens (tertiary/aromatic N) is 4. The van der Waals surface area contributed by atoms with E-state index in [0.29, 0.717) is 18.0 Å². The van der Waals surface area contributed by atoms with Crippen molar-refractivity contribution < 1.29 is 9.84 Å². The largest absolute Gasteiger partial charge is 0.493 e. The van der Waals surface area contributed by atoms with E-state index in [2.05, 4.69) is 10.9 Å². The summed E-state index contributed by atoms with van der Waals surface area (Å²) in [7, 11) is 3.20. The van der Waals surface area contributed by atoms with Gasteiger partial charge in [-0.2, -0.15) is 0 Å². The Morgan fingerprint density at radius 2 is 2.00 bits per heavy atom. The van der Waals surface area contributed by atoms with E-state index in [-0.39, 0.29) is 30.9 Å². The summed E-state index contributed by atoms with van der Waals surface area (Å²) in [6.45, 7) is -0.0405. The predicted octanol–water partition coefficient (Wildman–Crippen LogP) is 1.06. The molecule has 0 fully saturated rings. The van der Waals surface area contributed by atoms with Gasteiger partial charge in [0.15, 0.2) is 22.7 Å². The molecule has 0 amide bonds. The van der Waals surface area contributed by atoms with Crippen molar-refractivity contribution in [2.75, 3.05) is 13.7 Å². The second kappa shape index (κ2) is 8.63. The summed E-state index contributed by atoms with van der Waals surface area (Å²) in [4.78, 5) is 30.3. The Hall–Kier alpha value is -3.57. The molecule has 0 unspecified atom stereocenters. The molecule has 0 aliphatic heterocycles. The van der Waals surface area contributed by atoms with Crippen LogP contribution < -0.4 is 11.2 Å². The summed E-state index contributed by atoms with van der Waals surface area (Å²) in [6, 6.07) is 9.54. The highest BCUT2D eigenvalue weighted by molar-refractivity contribution is 5.80. The maximum Gasteiger partial charge on any atom is 0.333 e. The van der Waals surface area contributed by atoms with Crippen LogP contribution in [0.4, 0.5) is 0 Å². The molecule has 1 aromatic carbocycles. The van der Waals surface area contributed by atoms with Gasteiger partial charge < -0.3 is 14.4 Å². The third-order valence-electron chi connectivity index (χ3n) is 4.57. The number of imidazole rings is 1. The number of aliphatic hydroxyl groups is 1. The lowest BCUT2D eigenvalue weighted by Crippen LogP contribution is -2.40. The number of fused-ring (bicyclic) bond motifs is 1. The Balaban J connectivity index is 2.31. The van der Waals surface area contributed by atoms with Gasteiger partial charge >= 0.3 is 5.69 Å². The third kappa shape index (κ3) is 3.73. The third-order valence-corrected chi connectivity index (χ3v) is 4.57. The Morgan fingerprint density at radius 3 is 2.62 bits per heavy atom. The molecule has 3 aromatic rings. The van der Waals surface area contributed by atoms with E-state index >= 15 is 0 Å². The van der Waals surface area contributed by atoms with Crippen LogP contribution in [0.5, 0.6) is 0 Å². The first-order valence-electron chi connectivity index (χ1n) is 9.09. The fourth-order valence-electron chi connectivity index (χ4n) is 3.16. The van der Waals surface area contributed by atoms with Gasteiger partial charge in [0.25, 0.3) is 5.56 Å². The lowest BCUT2D eigenvalue weighted by atomic mass is 10.2. The number of benzene rings is 1. The summed E-state index contributed by atoms with van der Waals surface area (Å²) in [6.07, 6.45) is 7.48. The molecule has 0 aliphatic carbocycles. The van der Waals surface area contributed by atoms with Crippen LogP contribution in [0.25, 0.3) is 23.0 Å². The normalized spacial score (nSPS) is 11.6. The van der Waals surface area contributed by atoms with Crippen molar-refractivity contribution in [2.24, 2.45) is 7.05 Å². The van der Waals surface area contributed by atoms with E-state index in [1.807, 2.05) is 30.3 Å². The minimum Gasteiger partial charge on any atom is -0.493 e. The molecule has 1 N–H and O–H groups in total. The summed E-state index contributed by atoms with van der Waals surface area (Å²) >= 11 is 0. The van der Waals surface area contributed by atoms with E-state index in [1.54, 1.807) is 17.7 Å².